The fourth-order valence-electron chi connectivity index (χ4n) is 4.62. The average Bonchev–Trinajstić information content (AvgIpc) is 3.35. The Labute approximate surface area is 212 Å². The monoisotopic (exact) mass is 471 g/mol. The van der Waals surface area contributed by atoms with Crippen molar-refractivity contribution >= 4 is 5.91 Å². The molecule has 0 saturated carbocycles. The Morgan fingerprint density at radius 3 is 1.94 bits per heavy atom. The van der Waals surface area contributed by atoms with Gasteiger partial charge in [0.2, 0.25) is 0 Å². The Hall–Kier alpha value is -4.44. The molecule has 5 aromatic rings. The van der Waals surface area contributed by atoms with E-state index in [0.717, 1.165) is 22.5 Å². The molecule has 0 aliphatic rings. The number of hydrogen-bond donors (Lipinski definition) is 1. The fraction of sp³-hybridized carbons (Fsp3) is 0.125. The van der Waals surface area contributed by atoms with Gasteiger partial charge < -0.3 is 5.32 Å². The summed E-state index contributed by atoms with van der Waals surface area (Å²) in [6.07, 6.45) is 1.37. The summed E-state index contributed by atoms with van der Waals surface area (Å²) in [5, 5.41) is 8.32. The van der Waals surface area contributed by atoms with Crippen molar-refractivity contribution in [2.24, 2.45) is 0 Å². The minimum absolute atomic E-state index is 0.113. The molecule has 0 fully saturated rings. The SMILES string of the molecule is CCc1c(C(=O)NC(Cc2ccccc2)c2ccccc2)c(-c2ccccc2)nn1-c1ccccc1. The van der Waals surface area contributed by atoms with Crippen molar-refractivity contribution in [1.82, 2.24) is 15.1 Å². The zero-order chi connectivity index (χ0) is 24.7. The molecule has 0 aliphatic carbocycles. The number of benzene rings is 4. The molecular weight excluding hydrogens is 442 g/mol. The van der Waals surface area contributed by atoms with Crippen molar-refractivity contribution in [3.63, 3.8) is 0 Å². The molecule has 0 saturated heterocycles. The second-order valence-electron chi connectivity index (χ2n) is 8.76. The predicted octanol–water partition coefficient (Wildman–Crippen LogP) is 6.82. The third-order valence-electron chi connectivity index (χ3n) is 6.38. The molecule has 0 aliphatic heterocycles. The van der Waals surface area contributed by atoms with E-state index in [1.54, 1.807) is 0 Å². The summed E-state index contributed by atoms with van der Waals surface area (Å²) >= 11 is 0. The standard InChI is InChI=1S/C32H29N3O/c1-2-29-30(31(26-19-11-5-12-20-26)34-35(29)27-21-13-6-14-22-27)32(36)33-28(25-17-9-4-10-18-25)23-24-15-7-3-8-16-24/h3-22,28H,2,23H2,1H3,(H,33,36). The maximum Gasteiger partial charge on any atom is 0.255 e. The Kier molecular flexibility index (Phi) is 7.04. The molecule has 4 nitrogen and oxygen atoms in total. The smallest absolute Gasteiger partial charge is 0.255 e. The second-order valence-corrected chi connectivity index (χ2v) is 8.76. The van der Waals surface area contributed by atoms with Crippen LogP contribution in [0.2, 0.25) is 0 Å². The summed E-state index contributed by atoms with van der Waals surface area (Å²) < 4.78 is 1.91. The Balaban J connectivity index is 1.58. The van der Waals surface area contributed by atoms with Gasteiger partial charge in [0.05, 0.1) is 23.0 Å². The van der Waals surface area contributed by atoms with E-state index in [9.17, 15) is 4.79 Å². The number of amides is 1. The van der Waals surface area contributed by atoms with Crippen molar-refractivity contribution in [1.29, 1.82) is 0 Å². The van der Waals surface area contributed by atoms with Crippen molar-refractivity contribution in [3.05, 3.63) is 144 Å². The van der Waals surface area contributed by atoms with Gasteiger partial charge in [-0.2, -0.15) is 5.10 Å². The topological polar surface area (TPSA) is 46.9 Å². The van der Waals surface area contributed by atoms with Crippen molar-refractivity contribution in [2.75, 3.05) is 0 Å². The predicted molar refractivity (Wildman–Crippen MR) is 145 cm³/mol. The van der Waals surface area contributed by atoms with E-state index >= 15 is 0 Å². The molecule has 36 heavy (non-hydrogen) atoms. The highest BCUT2D eigenvalue weighted by molar-refractivity contribution is 6.01. The summed E-state index contributed by atoms with van der Waals surface area (Å²) in [5.41, 5.74) is 6.32. The highest BCUT2D eigenvalue weighted by atomic mass is 16.1. The summed E-state index contributed by atoms with van der Waals surface area (Å²) in [6.45, 7) is 2.07. The van der Waals surface area contributed by atoms with E-state index in [-0.39, 0.29) is 11.9 Å². The average molecular weight is 472 g/mol. The van der Waals surface area contributed by atoms with Gasteiger partial charge in [-0.05, 0) is 36.1 Å². The molecule has 0 radical (unpaired) electrons. The summed E-state index contributed by atoms with van der Waals surface area (Å²) in [6, 6.07) is 40.2. The zero-order valence-corrected chi connectivity index (χ0v) is 20.3. The quantitative estimate of drug-likeness (QED) is 0.270. The van der Waals surface area contributed by atoms with Crippen LogP contribution in [0.4, 0.5) is 0 Å². The van der Waals surface area contributed by atoms with Gasteiger partial charge in [-0.15, -0.1) is 0 Å². The lowest BCUT2D eigenvalue weighted by Gasteiger charge is -2.20. The molecule has 4 heteroatoms. The van der Waals surface area contributed by atoms with Gasteiger partial charge in [0, 0.05) is 5.56 Å². The van der Waals surface area contributed by atoms with Crippen molar-refractivity contribution in [3.8, 4) is 16.9 Å². The van der Waals surface area contributed by atoms with Crippen molar-refractivity contribution in [2.45, 2.75) is 25.8 Å². The molecule has 1 heterocycles. The van der Waals surface area contributed by atoms with Gasteiger partial charge >= 0.3 is 0 Å². The number of hydrogen-bond acceptors (Lipinski definition) is 2. The van der Waals surface area contributed by atoms with E-state index in [4.69, 9.17) is 5.10 Å². The number of aromatic nitrogens is 2. The third-order valence-corrected chi connectivity index (χ3v) is 6.38. The van der Waals surface area contributed by atoms with Crippen LogP contribution >= 0.6 is 0 Å². The lowest BCUT2D eigenvalue weighted by atomic mass is 9.97. The Bertz CT molecular complexity index is 1410. The van der Waals surface area contributed by atoms with Crippen LogP contribution in [0.1, 0.15) is 40.1 Å². The molecule has 1 unspecified atom stereocenters. The van der Waals surface area contributed by atoms with Gasteiger partial charge in [-0.25, -0.2) is 4.68 Å². The van der Waals surface area contributed by atoms with E-state index in [1.807, 2.05) is 102 Å². The summed E-state index contributed by atoms with van der Waals surface area (Å²) in [7, 11) is 0. The maximum absolute atomic E-state index is 14.1. The fourth-order valence-corrected chi connectivity index (χ4v) is 4.62. The molecule has 1 aromatic heterocycles. The van der Waals surface area contributed by atoms with E-state index in [0.29, 0.717) is 24.1 Å². The highest BCUT2D eigenvalue weighted by Gasteiger charge is 2.26. The largest absolute Gasteiger partial charge is 0.345 e. The minimum atomic E-state index is -0.172. The van der Waals surface area contributed by atoms with Gasteiger partial charge in [-0.1, -0.05) is 116 Å². The van der Waals surface area contributed by atoms with Gasteiger partial charge in [-0.3, -0.25) is 4.79 Å². The molecule has 1 amide bonds. The van der Waals surface area contributed by atoms with Gasteiger partial charge in [0.25, 0.3) is 5.91 Å². The lowest BCUT2D eigenvalue weighted by Crippen LogP contribution is -2.31. The number of rotatable bonds is 8. The van der Waals surface area contributed by atoms with Gasteiger partial charge in [0.15, 0.2) is 0 Å². The van der Waals surface area contributed by atoms with Crippen LogP contribution in [0.3, 0.4) is 0 Å². The first-order chi connectivity index (χ1) is 17.7. The van der Waals surface area contributed by atoms with Crippen LogP contribution in [0.25, 0.3) is 16.9 Å². The highest BCUT2D eigenvalue weighted by Crippen LogP contribution is 2.29. The van der Waals surface area contributed by atoms with Crippen molar-refractivity contribution < 1.29 is 4.79 Å². The molecule has 5 rings (SSSR count). The number of nitrogens with zero attached hydrogens (tertiary/aromatic N) is 2. The molecule has 1 N–H and O–H groups in total. The first-order valence-electron chi connectivity index (χ1n) is 12.4. The molecule has 0 spiro atoms. The maximum atomic E-state index is 14.1. The summed E-state index contributed by atoms with van der Waals surface area (Å²) in [4.78, 5) is 14.1. The zero-order valence-electron chi connectivity index (χ0n) is 20.3. The van der Waals surface area contributed by atoms with Crippen LogP contribution in [-0.2, 0) is 12.8 Å². The van der Waals surface area contributed by atoms with Crippen LogP contribution in [-0.4, -0.2) is 15.7 Å². The van der Waals surface area contributed by atoms with Crippen LogP contribution in [0.15, 0.2) is 121 Å². The Morgan fingerprint density at radius 2 is 1.33 bits per heavy atom. The number of carbonyl (C=O) groups excluding carboxylic acids is 1. The Morgan fingerprint density at radius 1 is 0.778 bits per heavy atom. The second kappa shape index (κ2) is 10.9. The van der Waals surface area contributed by atoms with E-state index < -0.39 is 0 Å². The van der Waals surface area contributed by atoms with E-state index in [2.05, 4.69) is 36.5 Å². The number of nitrogens with one attached hydrogen (secondary N) is 1. The summed E-state index contributed by atoms with van der Waals surface area (Å²) in [5.74, 6) is -0.113. The van der Waals surface area contributed by atoms with Crippen LogP contribution < -0.4 is 5.32 Å². The van der Waals surface area contributed by atoms with Crippen LogP contribution in [0.5, 0.6) is 0 Å². The normalized spacial score (nSPS) is 11.7. The number of carbonyl (C=O) groups is 1. The van der Waals surface area contributed by atoms with Crippen LogP contribution in [0, 0.1) is 0 Å². The first-order valence-corrected chi connectivity index (χ1v) is 12.4. The molecular formula is C32H29N3O. The minimum Gasteiger partial charge on any atom is -0.345 e. The first kappa shape index (κ1) is 23.3. The molecule has 1 atom stereocenters. The number of para-hydroxylation sites is 1. The molecule has 0 bridgehead atoms. The molecule has 178 valence electrons. The van der Waals surface area contributed by atoms with E-state index in [1.165, 1.54) is 5.56 Å². The van der Waals surface area contributed by atoms with Gasteiger partial charge in [0.1, 0.15) is 5.69 Å². The lowest BCUT2D eigenvalue weighted by molar-refractivity contribution is 0.0936. The third kappa shape index (κ3) is 4.98. The molecule has 4 aromatic carbocycles.